The summed E-state index contributed by atoms with van der Waals surface area (Å²) in [6.07, 6.45) is -4.84. The standard InChI is InChI=1S/C16H18N4O2S.C2HF3O2/c1-9-4-5-13(22-9)16-20-12(8-23-16)6-15(21)17-7-14-18-10(2)11(3)19-14;3-2(4,5)1(6)7/h4-5,8H,6-7H2,1-3H3,(H,17,21)(H,18,19);(H,6,7). The van der Waals surface area contributed by atoms with Crippen LogP contribution in [0.2, 0.25) is 0 Å². The summed E-state index contributed by atoms with van der Waals surface area (Å²) >= 11 is 1.47. The zero-order valence-corrected chi connectivity index (χ0v) is 17.1. The van der Waals surface area contributed by atoms with Crippen molar-refractivity contribution in [3.63, 3.8) is 0 Å². The second-order valence-corrected chi connectivity index (χ2v) is 7.06. The molecule has 0 saturated carbocycles. The van der Waals surface area contributed by atoms with Crippen LogP contribution in [0.3, 0.4) is 0 Å². The van der Waals surface area contributed by atoms with E-state index in [0.29, 0.717) is 6.54 Å². The van der Waals surface area contributed by atoms with Crippen molar-refractivity contribution in [1.29, 1.82) is 0 Å². The zero-order valence-electron chi connectivity index (χ0n) is 16.3. The molecule has 0 aliphatic heterocycles. The number of halogens is 3. The number of alkyl halides is 3. The number of H-pyrrole nitrogens is 1. The predicted octanol–water partition coefficient (Wildman–Crippen LogP) is 3.54. The van der Waals surface area contributed by atoms with Gasteiger partial charge in [-0.25, -0.2) is 14.8 Å². The van der Waals surface area contributed by atoms with Crippen molar-refractivity contribution in [3.8, 4) is 10.8 Å². The lowest BCUT2D eigenvalue weighted by Crippen LogP contribution is -2.25. The number of aromatic nitrogens is 3. The van der Waals surface area contributed by atoms with Crippen LogP contribution >= 0.6 is 11.3 Å². The highest BCUT2D eigenvalue weighted by Crippen LogP contribution is 2.25. The zero-order chi connectivity index (χ0) is 22.5. The molecule has 0 fully saturated rings. The molecule has 3 aromatic heterocycles. The Balaban J connectivity index is 0.000000396. The summed E-state index contributed by atoms with van der Waals surface area (Å²) in [6.45, 7) is 6.18. The van der Waals surface area contributed by atoms with Crippen LogP contribution in [0.15, 0.2) is 21.9 Å². The van der Waals surface area contributed by atoms with Gasteiger partial charge in [-0.3, -0.25) is 4.79 Å². The second kappa shape index (κ2) is 9.57. The fourth-order valence-corrected chi connectivity index (χ4v) is 2.94. The van der Waals surface area contributed by atoms with Crippen molar-refractivity contribution in [3.05, 3.63) is 46.2 Å². The number of carbonyl (C=O) groups excluding carboxylic acids is 1. The number of carboxylic acids is 1. The van der Waals surface area contributed by atoms with Crippen molar-refractivity contribution >= 4 is 23.2 Å². The van der Waals surface area contributed by atoms with E-state index >= 15 is 0 Å². The van der Waals surface area contributed by atoms with Crippen LogP contribution in [0.25, 0.3) is 10.8 Å². The summed E-state index contributed by atoms with van der Waals surface area (Å²) in [5.41, 5.74) is 2.71. The Kier molecular flexibility index (Phi) is 7.38. The number of hydrogen-bond acceptors (Lipinski definition) is 6. The monoisotopic (exact) mass is 444 g/mol. The predicted molar refractivity (Wildman–Crippen MR) is 102 cm³/mol. The Hall–Kier alpha value is -3.15. The van der Waals surface area contributed by atoms with Crippen molar-refractivity contribution < 1.29 is 32.3 Å². The van der Waals surface area contributed by atoms with Crippen LogP contribution in [0.5, 0.6) is 0 Å². The van der Waals surface area contributed by atoms with Gasteiger partial charge in [0, 0.05) is 11.1 Å². The number of aromatic amines is 1. The molecular formula is C18H19F3N4O4S. The average molecular weight is 444 g/mol. The molecule has 1 amide bonds. The Morgan fingerprint density at radius 1 is 1.23 bits per heavy atom. The first kappa shape index (κ1) is 23.1. The van der Waals surface area contributed by atoms with Crippen LogP contribution in [-0.4, -0.2) is 38.1 Å². The lowest BCUT2D eigenvalue weighted by molar-refractivity contribution is -0.192. The molecule has 0 atom stereocenters. The maximum atomic E-state index is 12.0. The number of thiazole rings is 1. The van der Waals surface area contributed by atoms with E-state index in [1.807, 2.05) is 38.3 Å². The van der Waals surface area contributed by atoms with Gasteiger partial charge in [-0.05, 0) is 32.9 Å². The first-order valence-electron chi connectivity index (χ1n) is 8.55. The molecule has 0 bridgehead atoms. The van der Waals surface area contributed by atoms with Gasteiger partial charge in [-0.15, -0.1) is 11.3 Å². The number of aryl methyl sites for hydroxylation is 3. The molecule has 8 nitrogen and oxygen atoms in total. The number of nitrogens with zero attached hydrogens (tertiary/aromatic N) is 2. The number of amides is 1. The molecule has 0 radical (unpaired) electrons. The molecule has 0 aliphatic carbocycles. The Bertz CT molecular complexity index is 1000. The van der Waals surface area contributed by atoms with Gasteiger partial charge in [0.1, 0.15) is 11.6 Å². The molecule has 3 rings (SSSR count). The Morgan fingerprint density at radius 3 is 2.40 bits per heavy atom. The number of nitrogens with one attached hydrogen (secondary N) is 2. The van der Waals surface area contributed by atoms with Gasteiger partial charge < -0.3 is 19.8 Å². The molecule has 0 spiro atoms. The number of carbonyl (C=O) groups is 2. The lowest BCUT2D eigenvalue weighted by Gasteiger charge is -2.01. The van der Waals surface area contributed by atoms with Gasteiger partial charge >= 0.3 is 12.1 Å². The smallest absolute Gasteiger partial charge is 0.475 e. The first-order valence-corrected chi connectivity index (χ1v) is 9.43. The number of aliphatic carboxylic acids is 1. The number of carboxylic acid groups (broad SMARTS) is 1. The third-order valence-corrected chi connectivity index (χ3v) is 4.62. The van der Waals surface area contributed by atoms with Crippen LogP contribution in [0.1, 0.15) is 28.7 Å². The van der Waals surface area contributed by atoms with Crippen LogP contribution in [-0.2, 0) is 22.6 Å². The van der Waals surface area contributed by atoms with Crippen molar-refractivity contribution in [2.45, 2.75) is 39.9 Å². The highest BCUT2D eigenvalue weighted by atomic mass is 32.1. The van der Waals surface area contributed by atoms with Crippen molar-refractivity contribution in [2.75, 3.05) is 0 Å². The molecule has 0 aromatic carbocycles. The van der Waals surface area contributed by atoms with E-state index in [1.165, 1.54) is 11.3 Å². The number of furan rings is 1. The summed E-state index contributed by atoms with van der Waals surface area (Å²) in [5, 5.41) is 12.6. The van der Waals surface area contributed by atoms with E-state index < -0.39 is 12.1 Å². The number of imidazole rings is 1. The Morgan fingerprint density at radius 2 is 1.90 bits per heavy atom. The molecule has 0 aliphatic rings. The van der Waals surface area contributed by atoms with Gasteiger partial charge in [0.2, 0.25) is 5.91 Å². The fourth-order valence-electron chi connectivity index (χ4n) is 2.16. The maximum Gasteiger partial charge on any atom is 0.490 e. The van der Waals surface area contributed by atoms with Gasteiger partial charge in [-0.2, -0.15) is 13.2 Å². The summed E-state index contributed by atoms with van der Waals surface area (Å²) in [5.74, 6) is -0.491. The van der Waals surface area contributed by atoms with Crippen LogP contribution < -0.4 is 5.32 Å². The molecule has 3 N–H and O–H groups in total. The second-order valence-electron chi connectivity index (χ2n) is 6.20. The van der Waals surface area contributed by atoms with Gasteiger partial charge in [0.15, 0.2) is 10.8 Å². The summed E-state index contributed by atoms with van der Waals surface area (Å²) in [7, 11) is 0. The van der Waals surface area contributed by atoms with Gasteiger partial charge in [-0.1, -0.05) is 0 Å². The molecule has 3 heterocycles. The number of hydrogen-bond donors (Lipinski definition) is 3. The molecule has 0 saturated heterocycles. The average Bonchev–Trinajstić information content (AvgIpc) is 3.34. The molecule has 30 heavy (non-hydrogen) atoms. The van der Waals surface area contributed by atoms with Crippen LogP contribution in [0.4, 0.5) is 13.2 Å². The molecule has 12 heteroatoms. The third kappa shape index (κ3) is 6.72. The van der Waals surface area contributed by atoms with E-state index in [4.69, 9.17) is 14.3 Å². The lowest BCUT2D eigenvalue weighted by atomic mass is 10.3. The first-order chi connectivity index (χ1) is 14.0. The fraction of sp³-hybridized carbons (Fsp3) is 0.333. The minimum absolute atomic E-state index is 0.0795. The topological polar surface area (TPSA) is 121 Å². The summed E-state index contributed by atoms with van der Waals surface area (Å²) < 4.78 is 37.3. The highest BCUT2D eigenvalue weighted by molar-refractivity contribution is 7.13. The van der Waals surface area contributed by atoms with Crippen LogP contribution in [0, 0.1) is 20.8 Å². The maximum absolute atomic E-state index is 12.0. The van der Waals surface area contributed by atoms with E-state index in [9.17, 15) is 18.0 Å². The summed E-state index contributed by atoms with van der Waals surface area (Å²) in [4.78, 5) is 32.8. The minimum atomic E-state index is -5.08. The quantitative estimate of drug-likeness (QED) is 0.554. The van der Waals surface area contributed by atoms with E-state index in [-0.39, 0.29) is 12.3 Å². The van der Waals surface area contributed by atoms with Crippen molar-refractivity contribution in [2.24, 2.45) is 0 Å². The minimum Gasteiger partial charge on any atom is -0.475 e. The Labute approximate surface area is 173 Å². The van der Waals surface area contributed by atoms with Gasteiger partial charge in [0.05, 0.1) is 24.4 Å². The SMILES string of the molecule is Cc1ccc(-c2nc(CC(=O)NCc3nc(C)c(C)[nH]3)cs2)o1.O=C(O)C(F)(F)F. The summed E-state index contributed by atoms with van der Waals surface area (Å²) in [6, 6.07) is 3.79. The van der Waals surface area contributed by atoms with E-state index in [0.717, 1.165) is 39.4 Å². The molecule has 162 valence electrons. The largest absolute Gasteiger partial charge is 0.490 e. The highest BCUT2D eigenvalue weighted by Gasteiger charge is 2.38. The van der Waals surface area contributed by atoms with Gasteiger partial charge in [0.25, 0.3) is 0 Å². The normalized spacial score (nSPS) is 11.0. The van der Waals surface area contributed by atoms with E-state index in [2.05, 4.69) is 20.3 Å². The third-order valence-electron chi connectivity index (χ3n) is 3.72. The van der Waals surface area contributed by atoms with Crippen molar-refractivity contribution in [1.82, 2.24) is 20.3 Å². The number of rotatable bonds is 5. The molecule has 3 aromatic rings. The van der Waals surface area contributed by atoms with E-state index in [1.54, 1.807) is 0 Å². The molecular weight excluding hydrogens is 425 g/mol. The molecule has 0 unspecified atom stereocenters.